The number of methoxy groups -OCH3 is 1. The summed E-state index contributed by atoms with van der Waals surface area (Å²) in [6.07, 6.45) is 3.35. The molecule has 21 heavy (non-hydrogen) atoms. The molecule has 0 N–H and O–H groups in total. The molecule has 1 unspecified atom stereocenters. The number of para-hydroxylation sites is 1. The zero-order valence-corrected chi connectivity index (χ0v) is 12.7. The average Bonchev–Trinajstić information content (AvgIpc) is 2.54. The van der Waals surface area contributed by atoms with Gasteiger partial charge in [-0.3, -0.25) is 4.98 Å². The molecule has 106 valence electrons. The van der Waals surface area contributed by atoms with Crippen LogP contribution in [-0.4, -0.2) is 22.1 Å². The molecule has 0 saturated heterocycles. The lowest BCUT2D eigenvalue weighted by Gasteiger charge is -2.14. The maximum Gasteiger partial charge on any atom is 0.125 e. The highest BCUT2D eigenvalue weighted by atomic mass is 32.1. The van der Waals surface area contributed by atoms with Crippen molar-refractivity contribution in [3.05, 3.63) is 59.8 Å². The molecular formula is C16H15N3OS. The Bertz CT molecular complexity index is 786. The summed E-state index contributed by atoms with van der Waals surface area (Å²) in [6.45, 7) is 1.96. The SMILES string of the molecule is COc1cc(C(S)c2ncnc3ccccc23)ncc1C. The lowest BCUT2D eigenvalue weighted by atomic mass is 10.1. The quantitative estimate of drug-likeness (QED) is 0.753. The van der Waals surface area contributed by atoms with Gasteiger partial charge in [-0.15, -0.1) is 0 Å². The Morgan fingerprint density at radius 2 is 1.95 bits per heavy atom. The first-order chi connectivity index (χ1) is 10.2. The fourth-order valence-electron chi connectivity index (χ4n) is 2.27. The lowest BCUT2D eigenvalue weighted by molar-refractivity contribution is 0.410. The van der Waals surface area contributed by atoms with Crippen LogP contribution in [0.1, 0.15) is 22.2 Å². The number of aryl methyl sites for hydroxylation is 1. The Balaban J connectivity index is 2.10. The van der Waals surface area contributed by atoms with Crippen molar-refractivity contribution in [2.24, 2.45) is 0 Å². The molecule has 2 heterocycles. The number of benzene rings is 1. The van der Waals surface area contributed by atoms with Gasteiger partial charge in [-0.1, -0.05) is 18.2 Å². The Morgan fingerprint density at radius 3 is 2.76 bits per heavy atom. The van der Waals surface area contributed by atoms with Gasteiger partial charge in [0.2, 0.25) is 0 Å². The monoisotopic (exact) mass is 297 g/mol. The molecule has 0 spiro atoms. The van der Waals surface area contributed by atoms with E-state index in [4.69, 9.17) is 17.4 Å². The van der Waals surface area contributed by atoms with E-state index >= 15 is 0 Å². The Labute approximate surface area is 128 Å². The van der Waals surface area contributed by atoms with Gasteiger partial charge >= 0.3 is 0 Å². The van der Waals surface area contributed by atoms with E-state index in [0.717, 1.165) is 33.6 Å². The fraction of sp³-hybridized carbons (Fsp3) is 0.188. The van der Waals surface area contributed by atoms with Gasteiger partial charge in [-0.25, -0.2) is 9.97 Å². The van der Waals surface area contributed by atoms with E-state index in [-0.39, 0.29) is 5.25 Å². The second-order valence-corrected chi connectivity index (χ2v) is 5.27. The molecule has 0 amide bonds. The topological polar surface area (TPSA) is 47.9 Å². The van der Waals surface area contributed by atoms with Crippen molar-refractivity contribution in [3.8, 4) is 5.75 Å². The number of rotatable bonds is 3. The van der Waals surface area contributed by atoms with Gasteiger partial charge in [0.15, 0.2) is 0 Å². The van der Waals surface area contributed by atoms with Crippen LogP contribution in [0.2, 0.25) is 0 Å². The minimum absolute atomic E-state index is 0.229. The maximum atomic E-state index is 5.35. The third-order valence-electron chi connectivity index (χ3n) is 3.41. The molecule has 3 rings (SSSR count). The van der Waals surface area contributed by atoms with Crippen LogP contribution < -0.4 is 4.74 Å². The van der Waals surface area contributed by atoms with Gasteiger partial charge in [0.05, 0.1) is 29.3 Å². The molecule has 1 atom stereocenters. The first-order valence-electron chi connectivity index (χ1n) is 6.59. The number of pyridine rings is 1. The van der Waals surface area contributed by atoms with Crippen LogP contribution in [-0.2, 0) is 0 Å². The summed E-state index contributed by atoms with van der Waals surface area (Å²) in [7, 11) is 1.65. The highest BCUT2D eigenvalue weighted by Gasteiger charge is 2.17. The predicted molar refractivity (Wildman–Crippen MR) is 85.9 cm³/mol. The molecule has 5 heteroatoms. The standard InChI is InChI=1S/C16H15N3OS/c1-10-8-17-13(7-14(10)20-2)16(21)15-11-5-3-4-6-12(11)18-9-19-15/h3-9,16,21H,1-2H3. The number of nitrogens with zero attached hydrogens (tertiary/aromatic N) is 3. The molecule has 4 nitrogen and oxygen atoms in total. The van der Waals surface area contributed by atoms with Crippen molar-refractivity contribution < 1.29 is 4.74 Å². The number of thiol groups is 1. The molecule has 1 aromatic carbocycles. The van der Waals surface area contributed by atoms with Crippen LogP contribution in [0.5, 0.6) is 5.75 Å². The van der Waals surface area contributed by atoms with E-state index < -0.39 is 0 Å². The molecule has 2 aromatic heterocycles. The molecule has 0 saturated carbocycles. The van der Waals surface area contributed by atoms with Crippen molar-refractivity contribution >= 4 is 23.5 Å². The lowest BCUT2D eigenvalue weighted by Crippen LogP contribution is -2.02. The van der Waals surface area contributed by atoms with Crippen LogP contribution in [0, 0.1) is 6.92 Å². The molecule has 0 aliphatic rings. The van der Waals surface area contributed by atoms with E-state index in [2.05, 4.69) is 15.0 Å². The number of fused-ring (bicyclic) bond motifs is 1. The number of ether oxygens (including phenoxy) is 1. The van der Waals surface area contributed by atoms with E-state index in [0.29, 0.717) is 0 Å². The summed E-state index contributed by atoms with van der Waals surface area (Å²) >= 11 is 4.70. The second kappa shape index (κ2) is 5.69. The molecule has 0 radical (unpaired) electrons. The average molecular weight is 297 g/mol. The second-order valence-electron chi connectivity index (χ2n) is 4.76. The molecular weight excluding hydrogens is 282 g/mol. The van der Waals surface area contributed by atoms with Gasteiger partial charge in [-0.05, 0) is 13.0 Å². The third kappa shape index (κ3) is 2.56. The first-order valence-corrected chi connectivity index (χ1v) is 7.10. The Morgan fingerprint density at radius 1 is 1.14 bits per heavy atom. The molecule has 0 bridgehead atoms. The smallest absolute Gasteiger partial charge is 0.125 e. The van der Waals surface area contributed by atoms with Crippen LogP contribution in [0.15, 0.2) is 42.9 Å². The Kier molecular flexibility index (Phi) is 3.75. The van der Waals surface area contributed by atoms with Crippen LogP contribution in [0.3, 0.4) is 0 Å². The summed E-state index contributed by atoms with van der Waals surface area (Å²) in [6, 6.07) is 9.80. The van der Waals surface area contributed by atoms with E-state index in [1.165, 1.54) is 0 Å². The van der Waals surface area contributed by atoms with Crippen molar-refractivity contribution in [3.63, 3.8) is 0 Å². The van der Waals surface area contributed by atoms with Crippen molar-refractivity contribution in [2.75, 3.05) is 7.11 Å². The van der Waals surface area contributed by atoms with Crippen LogP contribution >= 0.6 is 12.6 Å². The highest BCUT2D eigenvalue weighted by Crippen LogP contribution is 2.32. The zero-order valence-electron chi connectivity index (χ0n) is 11.8. The molecule has 0 aliphatic heterocycles. The molecule has 0 aliphatic carbocycles. The van der Waals surface area contributed by atoms with Crippen molar-refractivity contribution in [1.82, 2.24) is 15.0 Å². The predicted octanol–water partition coefficient (Wildman–Crippen LogP) is 3.36. The zero-order chi connectivity index (χ0) is 14.8. The fourth-order valence-corrected chi connectivity index (χ4v) is 2.62. The summed E-state index contributed by atoms with van der Waals surface area (Å²) in [5.41, 5.74) is 3.56. The summed E-state index contributed by atoms with van der Waals surface area (Å²) < 4.78 is 5.35. The summed E-state index contributed by atoms with van der Waals surface area (Å²) in [5.74, 6) is 0.803. The molecule has 3 aromatic rings. The van der Waals surface area contributed by atoms with Crippen LogP contribution in [0.4, 0.5) is 0 Å². The number of aromatic nitrogens is 3. The van der Waals surface area contributed by atoms with Crippen LogP contribution in [0.25, 0.3) is 10.9 Å². The highest BCUT2D eigenvalue weighted by molar-refractivity contribution is 7.80. The van der Waals surface area contributed by atoms with Crippen molar-refractivity contribution in [2.45, 2.75) is 12.2 Å². The van der Waals surface area contributed by atoms with E-state index in [1.54, 1.807) is 19.6 Å². The van der Waals surface area contributed by atoms with Gasteiger partial charge < -0.3 is 4.74 Å². The van der Waals surface area contributed by atoms with Crippen molar-refractivity contribution in [1.29, 1.82) is 0 Å². The maximum absolute atomic E-state index is 5.35. The minimum Gasteiger partial charge on any atom is -0.496 e. The third-order valence-corrected chi connectivity index (χ3v) is 3.92. The summed E-state index contributed by atoms with van der Waals surface area (Å²) in [4.78, 5) is 13.1. The Hall–Kier alpha value is -2.14. The van der Waals surface area contributed by atoms with Gasteiger partial charge in [0.1, 0.15) is 12.1 Å². The number of hydrogen-bond donors (Lipinski definition) is 1. The normalized spacial score (nSPS) is 12.3. The van der Waals surface area contributed by atoms with Gasteiger partial charge in [0, 0.05) is 23.2 Å². The first kappa shape index (κ1) is 13.8. The minimum atomic E-state index is -0.229. The number of hydrogen-bond acceptors (Lipinski definition) is 5. The summed E-state index contributed by atoms with van der Waals surface area (Å²) in [5, 5.41) is 0.758. The van der Waals surface area contributed by atoms with E-state index in [9.17, 15) is 0 Å². The van der Waals surface area contributed by atoms with E-state index in [1.807, 2.05) is 37.3 Å². The van der Waals surface area contributed by atoms with Gasteiger partial charge in [0.25, 0.3) is 0 Å². The van der Waals surface area contributed by atoms with Gasteiger partial charge in [-0.2, -0.15) is 12.6 Å². The molecule has 0 fully saturated rings. The largest absolute Gasteiger partial charge is 0.496 e.